The number of rotatable bonds is 4. The van der Waals surface area contributed by atoms with Crippen molar-refractivity contribution in [1.29, 1.82) is 0 Å². The fraction of sp³-hybridized carbons (Fsp3) is 0.619. The van der Waals surface area contributed by atoms with Crippen molar-refractivity contribution in [3.8, 4) is 0 Å². The normalized spacial score (nSPS) is 32.7. The van der Waals surface area contributed by atoms with E-state index in [1.807, 2.05) is 19.1 Å². The molecule has 3 aliphatic carbocycles. The van der Waals surface area contributed by atoms with Crippen LogP contribution in [-0.4, -0.2) is 18.5 Å². The first-order valence-electron chi connectivity index (χ1n) is 9.06. The summed E-state index contributed by atoms with van der Waals surface area (Å²) >= 11 is 0. The SMILES string of the molecule is Cc1ccc(CN(C)C/C2=C/C(C)CC3CC(C3)[C@@H]2C)c(F)c1. The van der Waals surface area contributed by atoms with E-state index in [1.165, 1.54) is 19.3 Å². The maximum absolute atomic E-state index is 14.1. The quantitative estimate of drug-likeness (QED) is 0.691. The molecule has 1 fully saturated rings. The van der Waals surface area contributed by atoms with Crippen molar-refractivity contribution < 1.29 is 4.39 Å². The number of benzene rings is 1. The number of nitrogens with zero attached hydrogens (tertiary/aromatic N) is 1. The Hall–Kier alpha value is -1.15. The molecule has 2 atom stereocenters. The fourth-order valence-electron chi connectivity index (χ4n) is 4.44. The van der Waals surface area contributed by atoms with Crippen molar-refractivity contribution in [2.45, 2.75) is 46.6 Å². The summed E-state index contributed by atoms with van der Waals surface area (Å²) in [6.07, 6.45) is 6.69. The fourth-order valence-corrected chi connectivity index (χ4v) is 4.44. The Balaban J connectivity index is 1.68. The van der Waals surface area contributed by atoms with Crippen LogP contribution in [0.3, 0.4) is 0 Å². The van der Waals surface area contributed by atoms with Crippen LogP contribution in [0.15, 0.2) is 29.8 Å². The zero-order valence-corrected chi connectivity index (χ0v) is 15.0. The van der Waals surface area contributed by atoms with E-state index in [0.717, 1.165) is 29.5 Å². The Morgan fingerprint density at radius 3 is 2.57 bits per heavy atom. The van der Waals surface area contributed by atoms with E-state index in [4.69, 9.17) is 0 Å². The van der Waals surface area contributed by atoms with Crippen LogP contribution in [0.1, 0.15) is 44.2 Å². The Labute approximate surface area is 140 Å². The molecular formula is C21H30FN. The van der Waals surface area contributed by atoms with Crippen LogP contribution in [0.5, 0.6) is 0 Å². The van der Waals surface area contributed by atoms with Crippen molar-refractivity contribution >= 4 is 0 Å². The third-order valence-electron chi connectivity index (χ3n) is 5.87. The van der Waals surface area contributed by atoms with Crippen molar-refractivity contribution in [3.63, 3.8) is 0 Å². The van der Waals surface area contributed by atoms with Gasteiger partial charge in [0.2, 0.25) is 0 Å². The second-order valence-electron chi connectivity index (χ2n) is 8.11. The van der Waals surface area contributed by atoms with Crippen LogP contribution in [0, 0.1) is 36.4 Å². The molecule has 0 aliphatic heterocycles. The lowest BCUT2D eigenvalue weighted by Crippen LogP contribution is -2.35. The standard InChI is InChI=1S/C21H30FN/c1-14-5-6-18(21(22)9-14)12-23(4)13-20-8-15(2)7-17-10-19(11-17)16(20)3/h5-6,8-9,15-17,19H,7,10-13H2,1-4H3/b20-8-/t15?,16-,17?,19?/m0/s1. The molecule has 0 radical (unpaired) electrons. The van der Waals surface area contributed by atoms with Crippen LogP contribution in [-0.2, 0) is 6.54 Å². The Morgan fingerprint density at radius 1 is 1.13 bits per heavy atom. The molecule has 1 unspecified atom stereocenters. The second-order valence-corrected chi connectivity index (χ2v) is 8.11. The molecule has 1 aromatic rings. The molecule has 1 aromatic carbocycles. The van der Waals surface area contributed by atoms with E-state index in [9.17, 15) is 4.39 Å². The maximum atomic E-state index is 14.1. The number of allylic oxidation sites excluding steroid dienone is 1. The van der Waals surface area contributed by atoms with Crippen LogP contribution in [0.25, 0.3) is 0 Å². The highest BCUT2D eigenvalue weighted by Gasteiger charge is 2.36. The van der Waals surface area contributed by atoms with Crippen molar-refractivity contribution in [2.24, 2.45) is 23.7 Å². The van der Waals surface area contributed by atoms with E-state index < -0.39 is 0 Å². The van der Waals surface area contributed by atoms with Gasteiger partial charge in [0.25, 0.3) is 0 Å². The molecule has 1 nitrogen and oxygen atoms in total. The van der Waals surface area contributed by atoms with Gasteiger partial charge in [-0.2, -0.15) is 0 Å². The van der Waals surface area contributed by atoms with E-state index in [0.29, 0.717) is 18.4 Å². The Bertz CT molecular complexity index is 586. The molecular weight excluding hydrogens is 285 g/mol. The highest BCUT2D eigenvalue weighted by molar-refractivity contribution is 5.23. The van der Waals surface area contributed by atoms with Crippen LogP contribution in [0.4, 0.5) is 4.39 Å². The predicted octanol–water partition coefficient (Wildman–Crippen LogP) is 5.19. The number of hydrogen-bond donors (Lipinski definition) is 0. The molecule has 23 heavy (non-hydrogen) atoms. The molecule has 4 rings (SSSR count). The monoisotopic (exact) mass is 315 g/mol. The van der Waals surface area contributed by atoms with E-state index >= 15 is 0 Å². The minimum Gasteiger partial charge on any atom is -0.298 e. The third kappa shape index (κ3) is 3.85. The Morgan fingerprint density at radius 2 is 1.87 bits per heavy atom. The van der Waals surface area contributed by atoms with Crippen molar-refractivity contribution in [3.05, 3.63) is 46.8 Å². The number of aryl methyl sites for hydroxylation is 1. The lowest BCUT2D eigenvalue weighted by Gasteiger charge is -2.44. The first kappa shape index (κ1) is 16.7. The summed E-state index contributed by atoms with van der Waals surface area (Å²) < 4.78 is 14.1. The van der Waals surface area contributed by atoms with Crippen LogP contribution >= 0.6 is 0 Å². The molecule has 3 aliphatic rings. The topological polar surface area (TPSA) is 3.24 Å². The predicted molar refractivity (Wildman–Crippen MR) is 94.7 cm³/mol. The summed E-state index contributed by atoms with van der Waals surface area (Å²) in [4.78, 5) is 2.26. The van der Waals surface area contributed by atoms with Gasteiger partial charge in [-0.05, 0) is 68.5 Å². The smallest absolute Gasteiger partial charge is 0.127 e. The minimum absolute atomic E-state index is 0.0771. The molecule has 126 valence electrons. The van der Waals surface area contributed by atoms with E-state index in [-0.39, 0.29) is 5.82 Å². The summed E-state index contributed by atoms with van der Waals surface area (Å²) in [6.45, 7) is 8.32. The molecule has 0 spiro atoms. The maximum Gasteiger partial charge on any atom is 0.127 e. The highest BCUT2D eigenvalue weighted by Crippen LogP contribution is 2.46. The third-order valence-corrected chi connectivity index (χ3v) is 5.87. The van der Waals surface area contributed by atoms with Crippen LogP contribution < -0.4 is 0 Å². The van der Waals surface area contributed by atoms with Gasteiger partial charge in [-0.25, -0.2) is 4.39 Å². The van der Waals surface area contributed by atoms with Crippen molar-refractivity contribution in [1.82, 2.24) is 4.90 Å². The summed E-state index contributed by atoms with van der Waals surface area (Å²) in [5, 5.41) is 0. The lowest BCUT2D eigenvalue weighted by molar-refractivity contribution is 0.119. The van der Waals surface area contributed by atoms with E-state index in [2.05, 4.69) is 31.9 Å². The van der Waals surface area contributed by atoms with Gasteiger partial charge >= 0.3 is 0 Å². The van der Waals surface area contributed by atoms with Gasteiger partial charge in [-0.3, -0.25) is 4.90 Å². The van der Waals surface area contributed by atoms with Gasteiger partial charge in [-0.1, -0.05) is 37.6 Å². The average Bonchev–Trinajstić information content (AvgIpc) is 2.43. The minimum atomic E-state index is -0.0771. The molecule has 0 saturated heterocycles. The summed E-state index contributed by atoms with van der Waals surface area (Å²) in [5.41, 5.74) is 3.35. The van der Waals surface area contributed by atoms with Gasteiger partial charge < -0.3 is 0 Å². The number of fused-ring (bicyclic) bond motifs is 3. The van der Waals surface area contributed by atoms with Gasteiger partial charge in [0, 0.05) is 18.7 Å². The average molecular weight is 315 g/mol. The molecule has 0 aromatic heterocycles. The molecule has 1 saturated carbocycles. The van der Waals surface area contributed by atoms with Crippen molar-refractivity contribution in [2.75, 3.05) is 13.6 Å². The Kier molecular flexibility index (Phi) is 4.91. The van der Waals surface area contributed by atoms with Crippen LogP contribution in [0.2, 0.25) is 0 Å². The van der Waals surface area contributed by atoms with Gasteiger partial charge in [0.1, 0.15) is 5.82 Å². The molecule has 0 N–H and O–H groups in total. The van der Waals surface area contributed by atoms with E-state index in [1.54, 1.807) is 11.6 Å². The van der Waals surface area contributed by atoms with Gasteiger partial charge in [0.05, 0.1) is 0 Å². The number of hydrogen-bond acceptors (Lipinski definition) is 1. The summed E-state index contributed by atoms with van der Waals surface area (Å²) in [7, 11) is 2.11. The molecule has 2 heteroatoms. The first-order chi connectivity index (χ1) is 10.9. The zero-order chi connectivity index (χ0) is 16.6. The zero-order valence-electron chi connectivity index (χ0n) is 15.0. The number of likely N-dealkylation sites (N-methyl/N-ethyl adjacent to an activating group) is 1. The molecule has 0 heterocycles. The second kappa shape index (κ2) is 6.76. The van der Waals surface area contributed by atoms with Gasteiger partial charge in [-0.15, -0.1) is 0 Å². The summed E-state index contributed by atoms with van der Waals surface area (Å²) in [5.74, 6) is 3.13. The highest BCUT2D eigenvalue weighted by atomic mass is 19.1. The molecule has 2 bridgehead atoms. The lowest BCUT2D eigenvalue weighted by atomic mass is 9.62. The van der Waals surface area contributed by atoms with Gasteiger partial charge in [0.15, 0.2) is 0 Å². The number of halogens is 1. The largest absolute Gasteiger partial charge is 0.298 e. The summed E-state index contributed by atoms with van der Waals surface area (Å²) in [6, 6.07) is 5.56. The molecule has 0 amide bonds. The first-order valence-corrected chi connectivity index (χ1v) is 9.06.